The predicted molar refractivity (Wildman–Crippen MR) is 135 cm³/mol. The molecule has 27 heavy (non-hydrogen) atoms. The van der Waals surface area contributed by atoms with Gasteiger partial charge in [0.1, 0.15) is 0 Å². The normalized spacial score (nSPS) is 11.8. The molecule has 0 aliphatic rings. The molecule has 0 aliphatic carbocycles. The first-order valence-electron chi connectivity index (χ1n) is 11.4. The maximum absolute atomic E-state index is 6.24. The maximum Gasteiger partial charge on any atom is 0.184 e. The van der Waals surface area contributed by atoms with Crippen molar-refractivity contribution in [2.24, 2.45) is 0 Å². The molecule has 4 radical (unpaired) electrons. The van der Waals surface area contributed by atoms with Crippen LogP contribution in [0, 0.1) is 0 Å². The summed E-state index contributed by atoms with van der Waals surface area (Å²) in [6.45, 7) is 28.1. The molecule has 0 saturated heterocycles. The Hall–Kier alpha value is 0.716. The monoisotopic (exact) mass is 508 g/mol. The summed E-state index contributed by atoms with van der Waals surface area (Å²) in [7, 11) is -1.43. The third-order valence-corrected chi connectivity index (χ3v) is 4.79. The molecule has 0 aromatic carbocycles. The zero-order valence-electron chi connectivity index (χ0n) is 21.3. The maximum atomic E-state index is 6.24. The fourth-order valence-electron chi connectivity index (χ4n) is 1.79. The van der Waals surface area contributed by atoms with Crippen molar-refractivity contribution in [3.05, 3.63) is 12.7 Å². The molecule has 1 nitrogen and oxygen atoms in total. The largest absolute Gasteiger partial charge is 0.412 e. The molecule has 0 spiro atoms. The first-order valence-corrected chi connectivity index (χ1v) is 14.8. The molecule has 1 atom stereocenters. The second-order valence-electron chi connectivity index (χ2n) is 8.26. The fourth-order valence-corrected chi connectivity index (χ4v) is 3.45. The number of hydrogen-bond donors (Lipinski definition) is 0. The zero-order valence-corrected chi connectivity index (χ0v) is 25.1. The van der Waals surface area contributed by atoms with Crippen molar-refractivity contribution < 1.29 is 4.43 Å². The van der Waals surface area contributed by atoms with Crippen molar-refractivity contribution >= 4 is 32.2 Å². The molecule has 0 saturated carbocycles. The molecule has 0 amide bonds. The van der Waals surface area contributed by atoms with Gasteiger partial charge in [-0.25, -0.2) is 0 Å². The standard InChI is InChI=1S/C12H26OSi.3C4H10.Sn/c1-7-9-11-12(3,10-8-2)13-14(4,5)6;3*1-3-4-2;/h8H,2,7,9-11H2,1,3-6H3;3*3-4H2,1-2H3;. The van der Waals surface area contributed by atoms with Crippen LogP contribution < -0.4 is 0 Å². The molecule has 0 rings (SSSR count). The van der Waals surface area contributed by atoms with Gasteiger partial charge >= 0.3 is 0 Å². The number of unbranched alkanes of at least 4 members (excludes halogenated alkanes) is 4. The van der Waals surface area contributed by atoms with Gasteiger partial charge in [0.15, 0.2) is 8.32 Å². The molecular weight excluding hydrogens is 451 g/mol. The molecule has 0 N–H and O–H groups in total. The quantitative estimate of drug-likeness (QED) is 0.211. The van der Waals surface area contributed by atoms with E-state index in [2.05, 4.69) is 81.6 Å². The van der Waals surface area contributed by atoms with E-state index in [0.29, 0.717) is 0 Å². The van der Waals surface area contributed by atoms with Crippen molar-refractivity contribution in [1.82, 2.24) is 0 Å². The Bertz CT molecular complexity index is 236. The molecule has 166 valence electrons. The first-order chi connectivity index (χ1) is 12.1. The number of rotatable bonds is 10. The van der Waals surface area contributed by atoms with Crippen molar-refractivity contribution in [1.29, 1.82) is 0 Å². The van der Waals surface area contributed by atoms with Crippen LogP contribution in [0.25, 0.3) is 0 Å². The van der Waals surface area contributed by atoms with Gasteiger partial charge in [-0.15, -0.1) is 6.58 Å². The van der Waals surface area contributed by atoms with E-state index in [0.717, 1.165) is 12.8 Å². The van der Waals surface area contributed by atoms with E-state index >= 15 is 0 Å². The molecule has 0 aromatic rings. The second kappa shape index (κ2) is 28.9. The third-order valence-electron chi connectivity index (χ3n) is 3.69. The Morgan fingerprint density at radius 3 is 1.26 bits per heavy atom. The Morgan fingerprint density at radius 2 is 1.07 bits per heavy atom. The summed E-state index contributed by atoms with van der Waals surface area (Å²) in [5.74, 6) is 0. The summed E-state index contributed by atoms with van der Waals surface area (Å²) in [5.41, 5.74) is 0.0300. The van der Waals surface area contributed by atoms with E-state index in [-0.39, 0.29) is 29.5 Å². The van der Waals surface area contributed by atoms with Crippen LogP contribution in [-0.4, -0.2) is 37.8 Å². The molecule has 0 aliphatic heterocycles. The number of hydrogen-bond acceptors (Lipinski definition) is 1. The van der Waals surface area contributed by atoms with Crippen molar-refractivity contribution in [3.8, 4) is 0 Å². The Labute approximate surface area is 193 Å². The van der Waals surface area contributed by atoms with Gasteiger partial charge in [0, 0.05) is 23.9 Å². The van der Waals surface area contributed by atoms with E-state index in [9.17, 15) is 0 Å². The summed E-state index contributed by atoms with van der Waals surface area (Å²) in [6, 6.07) is 0. The van der Waals surface area contributed by atoms with Gasteiger partial charge in [-0.05, 0) is 39.4 Å². The second-order valence-corrected chi connectivity index (χ2v) is 12.7. The first kappa shape index (κ1) is 38.3. The Balaban J connectivity index is -0.000000102. The molecule has 0 aromatic heterocycles. The smallest absolute Gasteiger partial charge is 0.184 e. The molecule has 0 bridgehead atoms. The van der Waals surface area contributed by atoms with Crippen LogP contribution in [0.15, 0.2) is 12.7 Å². The average molecular weight is 508 g/mol. The van der Waals surface area contributed by atoms with Crippen molar-refractivity contribution in [2.45, 2.75) is 145 Å². The topological polar surface area (TPSA) is 9.23 Å². The van der Waals surface area contributed by atoms with Gasteiger partial charge in [-0.1, -0.05) is 106 Å². The van der Waals surface area contributed by atoms with Gasteiger partial charge < -0.3 is 4.43 Å². The van der Waals surface area contributed by atoms with Crippen molar-refractivity contribution in [3.63, 3.8) is 0 Å². The SMILES string of the molecule is C=CCC(C)(CCCC)O[Si](C)(C)C.CCCC.CCCC.CCCC.[Sn]. The summed E-state index contributed by atoms with van der Waals surface area (Å²) in [4.78, 5) is 0. The molecule has 0 fully saturated rings. The van der Waals surface area contributed by atoms with Gasteiger partial charge in [0.2, 0.25) is 0 Å². The predicted octanol–water partition coefficient (Wildman–Crippen LogP) is 9.40. The molecule has 1 unspecified atom stereocenters. The van der Waals surface area contributed by atoms with Gasteiger partial charge in [0.05, 0.1) is 5.60 Å². The average Bonchev–Trinajstić information content (AvgIpc) is 2.59. The van der Waals surface area contributed by atoms with Crippen LogP contribution in [0.4, 0.5) is 0 Å². The van der Waals surface area contributed by atoms with Crippen LogP contribution in [0.2, 0.25) is 19.6 Å². The van der Waals surface area contributed by atoms with E-state index in [4.69, 9.17) is 4.43 Å². The van der Waals surface area contributed by atoms with E-state index < -0.39 is 8.32 Å². The summed E-state index contributed by atoms with van der Waals surface area (Å²) < 4.78 is 6.24. The summed E-state index contributed by atoms with van der Waals surface area (Å²) in [6.07, 6.45) is 14.5. The molecule has 3 heteroatoms. The van der Waals surface area contributed by atoms with E-state index in [1.165, 1.54) is 51.4 Å². The summed E-state index contributed by atoms with van der Waals surface area (Å²) >= 11 is 0. The third kappa shape index (κ3) is 46.6. The molecule has 0 heterocycles. The molecular formula is C24H56OSiSn. The van der Waals surface area contributed by atoms with Crippen LogP contribution in [0.1, 0.15) is 120 Å². The van der Waals surface area contributed by atoms with Gasteiger partial charge in [0.25, 0.3) is 0 Å². The van der Waals surface area contributed by atoms with Crippen LogP contribution in [-0.2, 0) is 4.43 Å². The van der Waals surface area contributed by atoms with E-state index in [1.54, 1.807) is 0 Å². The van der Waals surface area contributed by atoms with Crippen LogP contribution >= 0.6 is 0 Å². The summed E-state index contributed by atoms with van der Waals surface area (Å²) in [5, 5.41) is 0. The minimum absolute atomic E-state index is 0. The van der Waals surface area contributed by atoms with Gasteiger partial charge in [-0.3, -0.25) is 0 Å². The zero-order chi connectivity index (χ0) is 21.5. The van der Waals surface area contributed by atoms with E-state index in [1.807, 2.05) is 6.08 Å². The van der Waals surface area contributed by atoms with Crippen molar-refractivity contribution in [2.75, 3.05) is 0 Å². The minimum atomic E-state index is -1.43. The fraction of sp³-hybridized carbons (Fsp3) is 0.917. The van der Waals surface area contributed by atoms with Crippen LogP contribution in [0.5, 0.6) is 0 Å². The Morgan fingerprint density at radius 1 is 0.741 bits per heavy atom. The van der Waals surface area contributed by atoms with Crippen LogP contribution in [0.3, 0.4) is 0 Å². The van der Waals surface area contributed by atoms with Gasteiger partial charge in [-0.2, -0.15) is 0 Å². The Kier molecular flexibility index (Phi) is 41.1. The minimum Gasteiger partial charge on any atom is -0.412 e.